The summed E-state index contributed by atoms with van der Waals surface area (Å²) in [7, 11) is 0. The minimum atomic E-state index is 0.688. The Morgan fingerprint density at radius 3 is 1.91 bits per heavy atom. The van der Waals surface area contributed by atoms with Crippen LogP contribution in [0.4, 0.5) is 0 Å². The van der Waals surface area contributed by atoms with Crippen molar-refractivity contribution >= 4 is 0 Å². The molecular formula is C10H22O. The molecule has 68 valence electrons. The Labute approximate surface area is 71.5 Å². The summed E-state index contributed by atoms with van der Waals surface area (Å²) in [6.45, 7) is 11.5. The van der Waals surface area contributed by atoms with Gasteiger partial charge in [-0.2, -0.15) is 0 Å². The van der Waals surface area contributed by atoms with Gasteiger partial charge >= 0.3 is 0 Å². The van der Waals surface area contributed by atoms with Gasteiger partial charge in [0.1, 0.15) is 0 Å². The maximum absolute atomic E-state index is 5.01. The zero-order chi connectivity index (χ0) is 8.95. The van der Waals surface area contributed by atoms with Gasteiger partial charge in [-0.15, -0.1) is 6.58 Å². The molecule has 0 saturated heterocycles. The molecule has 0 bridgehead atoms. The fourth-order valence-corrected chi connectivity index (χ4v) is 0.311. The topological polar surface area (TPSA) is 9.23 Å². The van der Waals surface area contributed by atoms with Crippen LogP contribution in [-0.4, -0.2) is 13.2 Å². The van der Waals surface area contributed by atoms with E-state index < -0.39 is 0 Å². The maximum Gasteiger partial charge on any atom is 0.0644 e. The fraction of sp³-hybridized carbons (Fsp3) is 0.800. The lowest BCUT2D eigenvalue weighted by Gasteiger charge is -1.92. The largest absolute Gasteiger partial charge is 0.377 e. The first-order valence-corrected chi connectivity index (χ1v) is 4.52. The fourth-order valence-electron chi connectivity index (χ4n) is 0.311. The van der Waals surface area contributed by atoms with Gasteiger partial charge in [-0.1, -0.05) is 39.7 Å². The summed E-state index contributed by atoms with van der Waals surface area (Å²) >= 11 is 0. The molecule has 0 aliphatic rings. The van der Waals surface area contributed by atoms with Crippen molar-refractivity contribution in [2.45, 2.75) is 40.0 Å². The SMILES string of the molecule is C=CCOCCC.CCCC. The van der Waals surface area contributed by atoms with Gasteiger partial charge in [-0.05, 0) is 6.42 Å². The molecule has 0 aromatic carbocycles. The molecule has 1 heteroatoms. The van der Waals surface area contributed by atoms with Crippen molar-refractivity contribution in [3.8, 4) is 0 Å². The molecule has 0 fully saturated rings. The lowest BCUT2D eigenvalue weighted by Crippen LogP contribution is -1.90. The van der Waals surface area contributed by atoms with E-state index in [-0.39, 0.29) is 0 Å². The molecule has 0 aliphatic heterocycles. The van der Waals surface area contributed by atoms with Crippen LogP contribution in [0, 0.1) is 0 Å². The van der Waals surface area contributed by atoms with Gasteiger partial charge in [-0.25, -0.2) is 0 Å². The highest BCUT2D eigenvalue weighted by molar-refractivity contribution is 4.63. The number of hydrogen-bond acceptors (Lipinski definition) is 1. The Hall–Kier alpha value is -0.300. The van der Waals surface area contributed by atoms with Gasteiger partial charge in [0.2, 0.25) is 0 Å². The Morgan fingerprint density at radius 2 is 1.64 bits per heavy atom. The van der Waals surface area contributed by atoms with Crippen molar-refractivity contribution in [3.05, 3.63) is 12.7 Å². The zero-order valence-corrected chi connectivity index (χ0v) is 8.23. The summed E-state index contributed by atoms with van der Waals surface area (Å²) in [5.41, 5.74) is 0. The first-order valence-electron chi connectivity index (χ1n) is 4.52. The van der Waals surface area contributed by atoms with E-state index in [9.17, 15) is 0 Å². The maximum atomic E-state index is 5.01. The molecule has 0 rings (SSSR count). The highest BCUT2D eigenvalue weighted by Crippen LogP contribution is 1.78. The third-order valence-electron chi connectivity index (χ3n) is 1.08. The van der Waals surface area contributed by atoms with Gasteiger partial charge in [0.05, 0.1) is 6.61 Å². The Balaban J connectivity index is 0. The van der Waals surface area contributed by atoms with Crippen LogP contribution in [0.3, 0.4) is 0 Å². The van der Waals surface area contributed by atoms with E-state index in [1.807, 2.05) is 0 Å². The van der Waals surface area contributed by atoms with E-state index in [0.29, 0.717) is 6.61 Å². The van der Waals surface area contributed by atoms with E-state index in [2.05, 4.69) is 27.4 Å². The molecule has 0 aliphatic carbocycles. The monoisotopic (exact) mass is 158 g/mol. The third-order valence-corrected chi connectivity index (χ3v) is 1.08. The van der Waals surface area contributed by atoms with Crippen molar-refractivity contribution in [2.24, 2.45) is 0 Å². The van der Waals surface area contributed by atoms with Crippen LogP contribution < -0.4 is 0 Å². The van der Waals surface area contributed by atoms with Crippen LogP contribution in [0.2, 0.25) is 0 Å². The van der Waals surface area contributed by atoms with Crippen LogP contribution in [0.15, 0.2) is 12.7 Å². The van der Waals surface area contributed by atoms with E-state index in [4.69, 9.17) is 4.74 Å². The summed E-state index contributed by atoms with van der Waals surface area (Å²) in [5.74, 6) is 0. The molecule has 0 aromatic heterocycles. The van der Waals surface area contributed by atoms with E-state index in [0.717, 1.165) is 13.0 Å². The lowest BCUT2D eigenvalue weighted by atomic mass is 10.4. The van der Waals surface area contributed by atoms with Crippen molar-refractivity contribution in [2.75, 3.05) is 13.2 Å². The molecule has 11 heavy (non-hydrogen) atoms. The van der Waals surface area contributed by atoms with Crippen LogP contribution in [0.1, 0.15) is 40.0 Å². The molecule has 0 heterocycles. The number of hydrogen-bond donors (Lipinski definition) is 0. The number of rotatable bonds is 5. The Morgan fingerprint density at radius 1 is 1.09 bits per heavy atom. The second-order valence-electron chi connectivity index (χ2n) is 2.36. The van der Waals surface area contributed by atoms with E-state index >= 15 is 0 Å². The van der Waals surface area contributed by atoms with Gasteiger partial charge < -0.3 is 4.74 Å². The van der Waals surface area contributed by atoms with Gasteiger partial charge in [0.15, 0.2) is 0 Å². The smallest absolute Gasteiger partial charge is 0.0644 e. The van der Waals surface area contributed by atoms with E-state index in [1.165, 1.54) is 12.8 Å². The Kier molecular flexibility index (Phi) is 19.8. The first kappa shape index (κ1) is 13.3. The standard InChI is InChI=1S/C6H12O.C4H10/c1-3-5-7-6-4-2;1-3-4-2/h3H,1,4-6H2,2H3;3-4H2,1-2H3. The molecule has 0 amide bonds. The molecule has 0 unspecified atom stereocenters. The minimum absolute atomic E-state index is 0.688. The van der Waals surface area contributed by atoms with E-state index in [1.54, 1.807) is 6.08 Å². The summed E-state index contributed by atoms with van der Waals surface area (Å²) in [6, 6.07) is 0. The van der Waals surface area contributed by atoms with Gasteiger partial charge in [0, 0.05) is 6.61 Å². The molecule has 0 N–H and O–H groups in total. The summed E-state index contributed by atoms with van der Waals surface area (Å²) in [4.78, 5) is 0. The summed E-state index contributed by atoms with van der Waals surface area (Å²) in [6.07, 6.45) is 5.49. The quantitative estimate of drug-likeness (QED) is 0.440. The Bertz CT molecular complexity index is 57.9. The second-order valence-corrected chi connectivity index (χ2v) is 2.36. The van der Waals surface area contributed by atoms with Crippen molar-refractivity contribution in [1.82, 2.24) is 0 Å². The normalized spacial score (nSPS) is 8.27. The van der Waals surface area contributed by atoms with Crippen LogP contribution in [-0.2, 0) is 4.74 Å². The molecule has 0 radical (unpaired) electrons. The molecule has 0 spiro atoms. The average molecular weight is 158 g/mol. The third kappa shape index (κ3) is 26.0. The second kappa shape index (κ2) is 16.4. The molecule has 1 nitrogen and oxygen atoms in total. The van der Waals surface area contributed by atoms with Crippen LogP contribution in [0.25, 0.3) is 0 Å². The molecular weight excluding hydrogens is 136 g/mol. The number of unbranched alkanes of at least 4 members (excludes halogenated alkanes) is 1. The first-order chi connectivity index (χ1) is 5.33. The molecule has 0 saturated carbocycles. The van der Waals surface area contributed by atoms with Crippen molar-refractivity contribution in [3.63, 3.8) is 0 Å². The van der Waals surface area contributed by atoms with Gasteiger partial charge in [-0.3, -0.25) is 0 Å². The minimum Gasteiger partial charge on any atom is -0.377 e. The lowest BCUT2D eigenvalue weighted by molar-refractivity contribution is 0.163. The summed E-state index contributed by atoms with van der Waals surface area (Å²) < 4.78 is 5.01. The predicted molar refractivity (Wildman–Crippen MR) is 51.9 cm³/mol. The predicted octanol–water partition coefficient (Wildman–Crippen LogP) is 3.41. The van der Waals surface area contributed by atoms with Crippen molar-refractivity contribution < 1.29 is 4.74 Å². The molecule has 0 aromatic rings. The van der Waals surface area contributed by atoms with Gasteiger partial charge in [0.25, 0.3) is 0 Å². The van der Waals surface area contributed by atoms with Crippen LogP contribution >= 0.6 is 0 Å². The average Bonchev–Trinajstić information content (AvgIpc) is 2.06. The zero-order valence-electron chi connectivity index (χ0n) is 8.23. The summed E-state index contributed by atoms with van der Waals surface area (Å²) in [5, 5.41) is 0. The van der Waals surface area contributed by atoms with Crippen molar-refractivity contribution in [1.29, 1.82) is 0 Å². The van der Waals surface area contributed by atoms with Crippen LogP contribution in [0.5, 0.6) is 0 Å². The number of ether oxygens (including phenoxy) is 1. The molecule has 0 atom stereocenters. The highest BCUT2D eigenvalue weighted by Gasteiger charge is 1.74. The highest BCUT2D eigenvalue weighted by atomic mass is 16.5.